The van der Waals surface area contributed by atoms with Gasteiger partial charge < -0.3 is 10.0 Å². The van der Waals surface area contributed by atoms with E-state index in [0.717, 1.165) is 18.5 Å². The van der Waals surface area contributed by atoms with E-state index in [-0.39, 0.29) is 12.0 Å². The summed E-state index contributed by atoms with van der Waals surface area (Å²) in [6.45, 7) is 0.169. The summed E-state index contributed by atoms with van der Waals surface area (Å²) in [6.07, 6.45) is 6.28. The molecule has 2 unspecified atom stereocenters. The molecule has 0 radical (unpaired) electrons. The minimum atomic E-state index is -0.289. The molecule has 2 aromatic rings. The molecule has 0 amide bonds. The number of nitrogens with zero attached hydrogens (tertiary/aromatic N) is 1. The maximum atomic E-state index is 10.6. The van der Waals surface area contributed by atoms with Crippen LogP contribution >= 0.6 is 0 Å². The molecule has 0 aliphatic carbocycles. The minimum Gasteiger partial charge on any atom is -0.395 e. The van der Waals surface area contributed by atoms with Crippen LogP contribution in [0.4, 0.5) is 0 Å². The van der Waals surface area contributed by atoms with Gasteiger partial charge in [-0.3, -0.25) is 0 Å². The molecule has 0 saturated carbocycles. The van der Waals surface area contributed by atoms with Gasteiger partial charge in [-0.2, -0.15) is 0 Å². The zero-order chi connectivity index (χ0) is 17.3. The van der Waals surface area contributed by atoms with E-state index >= 15 is 0 Å². The van der Waals surface area contributed by atoms with Crippen molar-refractivity contribution in [2.24, 2.45) is 5.92 Å². The third-order valence-electron chi connectivity index (χ3n) is 6.76. The number of aliphatic hydroxyl groups excluding tert-OH is 1. The molecule has 2 aliphatic rings. The van der Waals surface area contributed by atoms with Crippen molar-refractivity contribution < 1.29 is 5.11 Å². The average Bonchev–Trinajstić information content (AvgIpc) is 2.88. The Balaban J connectivity index is 1.69. The van der Waals surface area contributed by atoms with E-state index in [9.17, 15) is 5.11 Å². The number of benzene rings is 2. The summed E-state index contributed by atoms with van der Waals surface area (Å²) in [5.41, 5.74) is 2.20. The first-order valence-corrected chi connectivity index (χ1v) is 9.67. The van der Waals surface area contributed by atoms with Crippen LogP contribution in [-0.4, -0.2) is 35.7 Å². The van der Waals surface area contributed by atoms with Crippen molar-refractivity contribution >= 4 is 0 Å². The van der Waals surface area contributed by atoms with E-state index < -0.39 is 0 Å². The van der Waals surface area contributed by atoms with Crippen LogP contribution < -0.4 is 0 Å². The summed E-state index contributed by atoms with van der Waals surface area (Å²) in [7, 11) is 2.30. The molecule has 25 heavy (non-hydrogen) atoms. The molecule has 0 aromatic heterocycles. The smallest absolute Gasteiger partial charge is 0.0568 e. The number of hydrogen-bond acceptors (Lipinski definition) is 2. The molecule has 2 saturated heterocycles. The highest BCUT2D eigenvalue weighted by molar-refractivity contribution is 5.39. The van der Waals surface area contributed by atoms with Crippen molar-refractivity contribution in [3.63, 3.8) is 0 Å². The Morgan fingerprint density at radius 1 is 0.880 bits per heavy atom. The summed E-state index contributed by atoms with van der Waals surface area (Å²) in [5.74, 6) is 0.682. The average molecular weight is 335 g/mol. The van der Waals surface area contributed by atoms with Gasteiger partial charge in [-0.25, -0.2) is 0 Å². The van der Waals surface area contributed by atoms with Gasteiger partial charge in [0.2, 0.25) is 0 Å². The molecular formula is C23H29NO. The lowest BCUT2D eigenvalue weighted by Crippen LogP contribution is -2.43. The lowest BCUT2D eigenvalue weighted by molar-refractivity contribution is 0.105. The number of fused-ring (bicyclic) bond motifs is 2. The molecular weight excluding hydrogens is 306 g/mol. The minimum absolute atomic E-state index is 0.169. The molecule has 4 rings (SSSR count). The third kappa shape index (κ3) is 3.02. The molecule has 132 valence electrons. The first-order valence-electron chi connectivity index (χ1n) is 9.67. The van der Waals surface area contributed by atoms with Crippen LogP contribution in [-0.2, 0) is 5.41 Å². The summed E-state index contributed by atoms with van der Waals surface area (Å²) < 4.78 is 0. The molecule has 2 heterocycles. The van der Waals surface area contributed by atoms with Crippen molar-refractivity contribution in [3.05, 3.63) is 71.8 Å². The van der Waals surface area contributed by atoms with Gasteiger partial charge in [0.15, 0.2) is 0 Å². The maximum absolute atomic E-state index is 10.6. The standard InChI is InChI=1S/C23H29NO/c1-24-21-12-13-22(24)15-18(14-21)16-23(17-25,19-8-4-2-5-9-19)20-10-6-3-7-11-20/h2-11,18,21-22,25H,12-17H2,1H3/t18?,21-,22?/m1/s1. The topological polar surface area (TPSA) is 23.5 Å². The Kier molecular flexibility index (Phi) is 4.66. The predicted octanol–water partition coefficient (Wildman–Crippen LogP) is 4.23. The van der Waals surface area contributed by atoms with Gasteiger partial charge in [-0.15, -0.1) is 0 Å². The highest BCUT2D eigenvalue weighted by Crippen LogP contribution is 2.45. The normalized spacial score (nSPS) is 26.7. The number of hydrogen-bond donors (Lipinski definition) is 1. The van der Waals surface area contributed by atoms with Crippen LogP contribution in [0, 0.1) is 5.92 Å². The monoisotopic (exact) mass is 335 g/mol. The Morgan fingerprint density at radius 2 is 1.36 bits per heavy atom. The first kappa shape index (κ1) is 16.8. The second-order valence-corrected chi connectivity index (χ2v) is 8.06. The van der Waals surface area contributed by atoms with Gasteiger partial charge in [0, 0.05) is 17.5 Å². The van der Waals surface area contributed by atoms with E-state index in [1.165, 1.54) is 36.8 Å². The van der Waals surface area contributed by atoms with Gasteiger partial charge in [0.1, 0.15) is 0 Å². The highest BCUT2D eigenvalue weighted by atomic mass is 16.3. The van der Waals surface area contributed by atoms with Crippen molar-refractivity contribution in [2.45, 2.75) is 49.6 Å². The fraction of sp³-hybridized carbons (Fsp3) is 0.478. The van der Waals surface area contributed by atoms with Crippen LogP contribution in [0.3, 0.4) is 0 Å². The SMILES string of the molecule is CN1C2CC[C@@H]1CC(CC(CO)(c1ccccc1)c1ccccc1)C2. The summed E-state index contributed by atoms with van der Waals surface area (Å²) in [5, 5.41) is 10.6. The van der Waals surface area contributed by atoms with Crippen molar-refractivity contribution in [1.82, 2.24) is 4.90 Å². The zero-order valence-electron chi connectivity index (χ0n) is 15.1. The number of rotatable bonds is 5. The summed E-state index contributed by atoms with van der Waals surface area (Å²) in [6, 6.07) is 22.8. The molecule has 2 nitrogen and oxygen atoms in total. The Bertz CT molecular complexity index is 630. The largest absolute Gasteiger partial charge is 0.395 e. The van der Waals surface area contributed by atoms with Gasteiger partial charge in [0.05, 0.1) is 6.61 Å². The Labute approximate surface area is 151 Å². The van der Waals surface area contributed by atoms with Crippen LogP contribution in [0.25, 0.3) is 0 Å². The van der Waals surface area contributed by atoms with E-state index in [1.807, 2.05) is 0 Å². The Morgan fingerprint density at radius 3 is 1.80 bits per heavy atom. The van der Waals surface area contributed by atoms with Gasteiger partial charge >= 0.3 is 0 Å². The highest BCUT2D eigenvalue weighted by Gasteiger charge is 2.43. The van der Waals surface area contributed by atoms with E-state index in [1.54, 1.807) is 0 Å². The van der Waals surface area contributed by atoms with Crippen molar-refractivity contribution in [3.8, 4) is 0 Å². The molecule has 2 bridgehead atoms. The zero-order valence-corrected chi connectivity index (χ0v) is 15.1. The summed E-state index contributed by atoms with van der Waals surface area (Å²) in [4.78, 5) is 2.60. The Hall–Kier alpha value is -1.64. The molecule has 0 spiro atoms. The van der Waals surface area contributed by atoms with Crippen LogP contribution in [0.5, 0.6) is 0 Å². The van der Waals surface area contributed by atoms with E-state index in [4.69, 9.17) is 0 Å². The maximum Gasteiger partial charge on any atom is 0.0568 e. The summed E-state index contributed by atoms with van der Waals surface area (Å²) >= 11 is 0. The molecule has 2 fully saturated rings. The molecule has 1 N–H and O–H groups in total. The van der Waals surface area contributed by atoms with Crippen LogP contribution in [0.2, 0.25) is 0 Å². The second kappa shape index (κ2) is 6.93. The van der Waals surface area contributed by atoms with Gasteiger partial charge in [0.25, 0.3) is 0 Å². The number of aliphatic hydroxyl groups is 1. The third-order valence-corrected chi connectivity index (χ3v) is 6.76. The number of piperidine rings is 1. The van der Waals surface area contributed by atoms with Gasteiger partial charge in [-0.05, 0) is 56.2 Å². The molecule has 2 aliphatic heterocycles. The quantitative estimate of drug-likeness (QED) is 0.884. The fourth-order valence-corrected chi connectivity index (χ4v) is 5.35. The molecule has 2 heteroatoms. The predicted molar refractivity (Wildman–Crippen MR) is 103 cm³/mol. The van der Waals surface area contributed by atoms with Crippen LogP contribution in [0.1, 0.15) is 43.2 Å². The van der Waals surface area contributed by atoms with E-state index in [2.05, 4.69) is 72.6 Å². The first-order chi connectivity index (χ1) is 12.2. The lowest BCUT2D eigenvalue weighted by atomic mass is 9.67. The van der Waals surface area contributed by atoms with Crippen molar-refractivity contribution in [1.29, 1.82) is 0 Å². The second-order valence-electron chi connectivity index (χ2n) is 8.06. The molecule has 2 aromatic carbocycles. The molecule has 3 atom stereocenters. The lowest BCUT2D eigenvalue weighted by Gasteiger charge is -2.42. The van der Waals surface area contributed by atoms with Crippen LogP contribution in [0.15, 0.2) is 60.7 Å². The van der Waals surface area contributed by atoms with E-state index in [0.29, 0.717) is 5.92 Å². The fourth-order valence-electron chi connectivity index (χ4n) is 5.35. The van der Waals surface area contributed by atoms with Crippen molar-refractivity contribution in [2.75, 3.05) is 13.7 Å². The van der Waals surface area contributed by atoms with Gasteiger partial charge in [-0.1, -0.05) is 60.7 Å².